The first kappa shape index (κ1) is 24.3. The number of carbonyl (C=O) groups is 1. The third kappa shape index (κ3) is 11.5. The van der Waals surface area contributed by atoms with Crippen LogP contribution in [0.5, 0.6) is 0 Å². The third-order valence-electron chi connectivity index (χ3n) is 4.64. The van der Waals surface area contributed by atoms with Gasteiger partial charge in [-0.3, -0.25) is 0 Å². The molecule has 0 bridgehead atoms. The largest absolute Gasteiger partial charge is 0.463 e. The minimum Gasteiger partial charge on any atom is -0.463 e. The zero-order valence-electron chi connectivity index (χ0n) is 18.2. The van der Waals surface area contributed by atoms with Crippen molar-refractivity contribution in [3.05, 3.63) is 23.8 Å². The standard InChI is InChI=1S/C20H40O3Si2/c1-17(11-12-19(21)22-13-14-24(6,7)8)15-18(2)16-23-25(9,10)20(3,4)5/h11-12,15,18H,13-14,16H2,1-10H3/b12-11+,17-15+/t18-/m0/s1. The maximum absolute atomic E-state index is 11.7. The second-order valence-electron chi connectivity index (χ2n) is 9.77. The molecule has 0 heterocycles. The van der Waals surface area contributed by atoms with E-state index in [1.807, 2.05) is 13.0 Å². The summed E-state index contributed by atoms with van der Waals surface area (Å²) in [4.78, 5) is 11.7. The summed E-state index contributed by atoms with van der Waals surface area (Å²) in [5.74, 6) is 0.0675. The van der Waals surface area contributed by atoms with Crippen molar-refractivity contribution in [3.63, 3.8) is 0 Å². The Morgan fingerprint density at radius 1 is 1.08 bits per heavy atom. The topological polar surface area (TPSA) is 35.5 Å². The van der Waals surface area contributed by atoms with Crippen LogP contribution in [0.1, 0.15) is 34.6 Å². The van der Waals surface area contributed by atoms with Crippen LogP contribution in [0.4, 0.5) is 0 Å². The highest BCUT2D eigenvalue weighted by atomic mass is 28.4. The predicted octanol–water partition coefficient (Wildman–Crippen LogP) is 6.03. The Morgan fingerprint density at radius 3 is 2.12 bits per heavy atom. The third-order valence-corrected chi connectivity index (χ3v) is 10.8. The Labute approximate surface area is 158 Å². The van der Waals surface area contributed by atoms with Crippen LogP contribution in [0.15, 0.2) is 23.8 Å². The molecule has 5 heteroatoms. The van der Waals surface area contributed by atoms with Crippen molar-refractivity contribution in [2.75, 3.05) is 13.2 Å². The van der Waals surface area contributed by atoms with Gasteiger partial charge in [-0.15, -0.1) is 0 Å². The van der Waals surface area contributed by atoms with Gasteiger partial charge >= 0.3 is 5.97 Å². The molecule has 1 atom stereocenters. The Morgan fingerprint density at radius 2 is 1.64 bits per heavy atom. The van der Waals surface area contributed by atoms with E-state index in [2.05, 4.69) is 66.5 Å². The van der Waals surface area contributed by atoms with Crippen LogP contribution in [0.25, 0.3) is 0 Å². The number of allylic oxidation sites excluding steroid dienone is 2. The summed E-state index contributed by atoms with van der Waals surface area (Å²) in [5, 5.41) is 0.227. The molecule has 0 spiro atoms. The van der Waals surface area contributed by atoms with Crippen LogP contribution in [0.3, 0.4) is 0 Å². The van der Waals surface area contributed by atoms with Gasteiger partial charge in [0.05, 0.1) is 6.61 Å². The number of ether oxygens (including phenoxy) is 1. The Hall–Kier alpha value is -0.656. The maximum Gasteiger partial charge on any atom is 0.330 e. The number of hydrogen-bond donors (Lipinski definition) is 0. The van der Waals surface area contributed by atoms with Crippen molar-refractivity contribution in [1.82, 2.24) is 0 Å². The number of esters is 1. The van der Waals surface area contributed by atoms with E-state index in [0.717, 1.165) is 18.2 Å². The SMILES string of the molecule is CC(/C=C/C(=O)OCC[Si](C)(C)C)=C\[C@H](C)CO[Si](C)(C)C(C)(C)C. The van der Waals surface area contributed by atoms with Crippen LogP contribution in [-0.2, 0) is 14.0 Å². The molecule has 0 rings (SSSR count). The first-order valence-electron chi connectivity index (χ1n) is 9.31. The van der Waals surface area contributed by atoms with E-state index in [9.17, 15) is 4.79 Å². The number of hydrogen-bond acceptors (Lipinski definition) is 3. The van der Waals surface area contributed by atoms with Gasteiger partial charge in [0.15, 0.2) is 8.32 Å². The van der Waals surface area contributed by atoms with Gasteiger partial charge < -0.3 is 9.16 Å². The second kappa shape index (κ2) is 9.88. The monoisotopic (exact) mass is 384 g/mol. The highest BCUT2D eigenvalue weighted by Crippen LogP contribution is 2.36. The van der Waals surface area contributed by atoms with Crippen LogP contribution < -0.4 is 0 Å². The fraction of sp³-hybridized carbons (Fsp3) is 0.750. The van der Waals surface area contributed by atoms with Crippen molar-refractivity contribution in [2.45, 2.75) is 78.4 Å². The van der Waals surface area contributed by atoms with Crippen LogP contribution in [0.2, 0.25) is 43.8 Å². The van der Waals surface area contributed by atoms with E-state index in [1.54, 1.807) is 0 Å². The lowest BCUT2D eigenvalue weighted by molar-refractivity contribution is -0.137. The molecule has 0 radical (unpaired) electrons. The molecular weight excluding hydrogens is 344 g/mol. The highest BCUT2D eigenvalue weighted by Gasteiger charge is 2.37. The molecule has 0 fully saturated rings. The summed E-state index contributed by atoms with van der Waals surface area (Å²) in [6, 6.07) is 1.00. The zero-order chi connectivity index (χ0) is 19.9. The lowest BCUT2D eigenvalue weighted by Gasteiger charge is -2.36. The van der Waals surface area contributed by atoms with Gasteiger partial charge in [-0.05, 0) is 37.0 Å². The van der Waals surface area contributed by atoms with Gasteiger partial charge in [0.25, 0.3) is 0 Å². The molecule has 0 unspecified atom stereocenters. The van der Waals surface area contributed by atoms with E-state index in [0.29, 0.717) is 12.5 Å². The highest BCUT2D eigenvalue weighted by molar-refractivity contribution is 6.76. The molecule has 3 nitrogen and oxygen atoms in total. The average Bonchev–Trinajstić information content (AvgIpc) is 2.40. The van der Waals surface area contributed by atoms with E-state index < -0.39 is 16.4 Å². The molecule has 0 aromatic carbocycles. The summed E-state index contributed by atoms with van der Waals surface area (Å²) >= 11 is 0. The molecule has 0 aliphatic heterocycles. The van der Waals surface area contributed by atoms with Crippen molar-refractivity contribution in [1.29, 1.82) is 0 Å². The van der Waals surface area contributed by atoms with Crippen LogP contribution in [-0.4, -0.2) is 35.6 Å². The zero-order valence-corrected chi connectivity index (χ0v) is 20.2. The molecule has 0 amide bonds. The van der Waals surface area contributed by atoms with Crippen LogP contribution >= 0.6 is 0 Å². The number of rotatable bonds is 9. The van der Waals surface area contributed by atoms with Crippen molar-refractivity contribution in [3.8, 4) is 0 Å². The van der Waals surface area contributed by atoms with Gasteiger partial charge in [0.1, 0.15) is 0 Å². The van der Waals surface area contributed by atoms with E-state index in [1.165, 1.54) is 6.08 Å². The molecule has 25 heavy (non-hydrogen) atoms. The Kier molecular flexibility index (Phi) is 9.62. The van der Waals surface area contributed by atoms with E-state index >= 15 is 0 Å². The molecule has 0 saturated heterocycles. The summed E-state index contributed by atoms with van der Waals surface area (Å²) in [6.45, 7) is 23.5. The summed E-state index contributed by atoms with van der Waals surface area (Å²) < 4.78 is 11.5. The van der Waals surface area contributed by atoms with Gasteiger partial charge in [0.2, 0.25) is 0 Å². The van der Waals surface area contributed by atoms with Gasteiger partial charge in [0, 0.05) is 20.8 Å². The van der Waals surface area contributed by atoms with E-state index in [4.69, 9.17) is 9.16 Å². The van der Waals surface area contributed by atoms with Crippen molar-refractivity contribution in [2.24, 2.45) is 5.92 Å². The first-order chi connectivity index (χ1) is 11.1. The molecule has 0 aromatic rings. The van der Waals surface area contributed by atoms with Gasteiger partial charge in [-0.2, -0.15) is 0 Å². The second-order valence-corrected chi connectivity index (χ2v) is 20.2. The smallest absolute Gasteiger partial charge is 0.330 e. The van der Waals surface area contributed by atoms with Crippen LogP contribution in [0, 0.1) is 5.92 Å². The minimum absolute atomic E-state index is 0.227. The summed E-state index contributed by atoms with van der Waals surface area (Å²) in [6.07, 6.45) is 5.51. The fourth-order valence-electron chi connectivity index (χ4n) is 1.81. The molecule has 0 N–H and O–H groups in total. The van der Waals surface area contributed by atoms with Gasteiger partial charge in [-0.1, -0.05) is 65.1 Å². The van der Waals surface area contributed by atoms with Crippen molar-refractivity contribution < 1.29 is 14.0 Å². The summed E-state index contributed by atoms with van der Waals surface area (Å²) in [7, 11) is -2.86. The molecule has 0 aromatic heterocycles. The number of carbonyl (C=O) groups excluding carboxylic acids is 1. The summed E-state index contributed by atoms with van der Waals surface area (Å²) in [5.41, 5.74) is 1.06. The average molecular weight is 385 g/mol. The lowest BCUT2D eigenvalue weighted by Crippen LogP contribution is -2.41. The normalized spacial score (nSPS) is 15.5. The Balaban J connectivity index is 4.40. The fourth-order valence-corrected chi connectivity index (χ4v) is 3.64. The van der Waals surface area contributed by atoms with E-state index in [-0.39, 0.29) is 11.0 Å². The lowest BCUT2D eigenvalue weighted by atomic mass is 10.1. The molecule has 0 saturated carbocycles. The molecule has 0 aliphatic rings. The minimum atomic E-state index is -1.70. The Bertz CT molecular complexity index is 480. The molecule has 146 valence electrons. The molecule has 0 aliphatic carbocycles. The maximum atomic E-state index is 11.7. The van der Waals surface area contributed by atoms with Gasteiger partial charge in [-0.25, -0.2) is 4.79 Å². The first-order valence-corrected chi connectivity index (χ1v) is 15.9. The predicted molar refractivity (Wildman–Crippen MR) is 114 cm³/mol. The quantitative estimate of drug-likeness (QED) is 0.211. The van der Waals surface area contributed by atoms with Crippen molar-refractivity contribution >= 4 is 22.4 Å². The molecular formula is C20H40O3Si2.